The Balaban J connectivity index is 0.00000300. The summed E-state index contributed by atoms with van der Waals surface area (Å²) in [7, 11) is 0. The number of nitrogens with zero attached hydrogens (tertiary/aromatic N) is 1. The van der Waals surface area contributed by atoms with Crippen molar-refractivity contribution in [1.82, 2.24) is 15.5 Å². The van der Waals surface area contributed by atoms with Gasteiger partial charge in [0.25, 0.3) is 0 Å². The molecule has 0 spiro atoms. The monoisotopic (exact) mass is 430 g/mol. The molecular formula is C21H39ClN4O3. The van der Waals surface area contributed by atoms with Crippen molar-refractivity contribution in [3.63, 3.8) is 0 Å². The molecule has 168 valence electrons. The molecule has 4 N–H and O–H groups in total. The number of ether oxygens (including phenoxy) is 1. The molecule has 2 saturated carbocycles. The van der Waals surface area contributed by atoms with Crippen molar-refractivity contribution in [3.05, 3.63) is 0 Å². The molecule has 0 aromatic carbocycles. The van der Waals surface area contributed by atoms with Crippen molar-refractivity contribution >= 4 is 24.3 Å². The number of hydrogen-bond donors (Lipinski definition) is 3. The maximum absolute atomic E-state index is 13.1. The van der Waals surface area contributed by atoms with Crippen LogP contribution >= 0.6 is 12.4 Å². The van der Waals surface area contributed by atoms with Crippen LogP contribution in [-0.2, 0) is 9.53 Å². The molecule has 3 rings (SSSR count). The number of piperidine rings is 1. The van der Waals surface area contributed by atoms with E-state index in [9.17, 15) is 9.59 Å². The average Bonchev–Trinajstić information content (AvgIpc) is 2.68. The van der Waals surface area contributed by atoms with Gasteiger partial charge in [-0.2, -0.15) is 0 Å². The largest absolute Gasteiger partial charge is 0.378 e. The number of carbonyl (C=O) groups excluding carboxylic acids is 2. The Morgan fingerprint density at radius 1 is 1.03 bits per heavy atom. The molecule has 1 saturated heterocycles. The molecule has 3 fully saturated rings. The Labute approximate surface area is 181 Å². The van der Waals surface area contributed by atoms with Gasteiger partial charge < -0.3 is 26.0 Å². The third-order valence-electron chi connectivity index (χ3n) is 7.27. The maximum Gasteiger partial charge on any atom is 0.315 e. The highest BCUT2D eigenvalue weighted by Crippen LogP contribution is 2.50. The lowest BCUT2D eigenvalue weighted by atomic mass is 9.54. The molecule has 0 radical (unpaired) electrons. The molecule has 2 aliphatic carbocycles. The van der Waals surface area contributed by atoms with E-state index >= 15 is 0 Å². The van der Waals surface area contributed by atoms with Crippen LogP contribution < -0.4 is 16.4 Å². The quantitative estimate of drug-likeness (QED) is 0.624. The van der Waals surface area contributed by atoms with Gasteiger partial charge in [-0.25, -0.2) is 4.79 Å². The first-order valence-electron chi connectivity index (χ1n) is 11.0. The van der Waals surface area contributed by atoms with Gasteiger partial charge in [0.05, 0.1) is 6.10 Å². The molecule has 2 atom stereocenters. The minimum atomic E-state index is -0.856. The number of nitrogens with two attached hydrogens (primary N) is 1. The minimum Gasteiger partial charge on any atom is -0.378 e. The smallest absolute Gasteiger partial charge is 0.315 e. The van der Waals surface area contributed by atoms with Crippen LogP contribution in [0.1, 0.15) is 72.1 Å². The van der Waals surface area contributed by atoms with Crippen molar-refractivity contribution in [2.24, 2.45) is 11.1 Å². The summed E-state index contributed by atoms with van der Waals surface area (Å²) in [5.74, 6) is 0.0264. The van der Waals surface area contributed by atoms with Gasteiger partial charge in [0, 0.05) is 43.6 Å². The first kappa shape index (κ1) is 24.2. The van der Waals surface area contributed by atoms with Crippen LogP contribution in [0.5, 0.6) is 0 Å². The van der Waals surface area contributed by atoms with E-state index in [2.05, 4.69) is 10.6 Å². The summed E-state index contributed by atoms with van der Waals surface area (Å²) in [5, 5.41) is 6.20. The van der Waals surface area contributed by atoms with E-state index in [1.807, 2.05) is 25.7 Å². The third-order valence-corrected chi connectivity index (χ3v) is 7.27. The van der Waals surface area contributed by atoms with E-state index in [-0.39, 0.29) is 41.9 Å². The number of amides is 3. The second kappa shape index (κ2) is 9.84. The highest BCUT2D eigenvalue weighted by Gasteiger charge is 2.63. The van der Waals surface area contributed by atoms with Crippen molar-refractivity contribution in [3.8, 4) is 0 Å². The lowest BCUT2D eigenvalue weighted by Crippen LogP contribution is -2.76. The Morgan fingerprint density at radius 3 is 2.10 bits per heavy atom. The standard InChI is InChI=1S/C21H38N4O3.ClH/c1-4-28-17-14-21(22,20(17,2)3)18(26)25-12-10-16(11-13-25)24-19(27)23-15-8-6-5-7-9-15;/h15-17H,4-14,22H2,1-3H3,(H2,23,24,27);1H. The van der Waals surface area contributed by atoms with E-state index in [4.69, 9.17) is 10.5 Å². The summed E-state index contributed by atoms with van der Waals surface area (Å²) in [6.07, 6.45) is 8.00. The first-order valence-corrected chi connectivity index (χ1v) is 11.0. The third kappa shape index (κ3) is 5.00. The van der Waals surface area contributed by atoms with Crippen LogP contribution in [0, 0.1) is 5.41 Å². The van der Waals surface area contributed by atoms with Gasteiger partial charge in [-0.3, -0.25) is 4.79 Å². The summed E-state index contributed by atoms with van der Waals surface area (Å²) in [6, 6.07) is 0.366. The summed E-state index contributed by atoms with van der Waals surface area (Å²) in [6.45, 7) is 7.94. The van der Waals surface area contributed by atoms with Crippen LogP contribution in [-0.4, -0.2) is 60.3 Å². The number of rotatable bonds is 5. The molecule has 29 heavy (non-hydrogen) atoms. The molecule has 0 bridgehead atoms. The number of urea groups is 1. The fraction of sp³-hybridized carbons (Fsp3) is 0.905. The normalized spacial score (nSPS) is 30.1. The Hall–Kier alpha value is -1.05. The second-order valence-corrected chi connectivity index (χ2v) is 9.36. The highest BCUT2D eigenvalue weighted by molar-refractivity contribution is 5.89. The van der Waals surface area contributed by atoms with E-state index < -0.39 is 5.54 Å². The predicted molar refractivity (Wildman–Crippen MR) is 116 cm³/mol. The zero-order chi connectivity index (χ0) is 20.4. The van der Waals surface area contributed by atoms with Crippen molar-refractivity contribution in [2.75, 3.05) is 19.7 Å². The number of nitrogens with one attached hydrogen (secondary N) is 2. The van der Waals surface area contributed by atoms with Gasteiger partial charge in [-0.15, -0.1) is 12.4 Å². The molecule has 8 heteroatoms. The Morgan fingerprint density at radius 2 is 1.59 bits per heavy atom. The molecule has 0 aromatic heterocycles. The molecule has 1 heterocycles. The number of hydrogen-bond acceptors (Lipinski definition) is 4. The van der Waals surface area contributed by atoms with Gasteiger partial charge in [-0.05, 0) is 32.6 Å². The lowest BCUT2D eigenvalue weighted by molar-refractivity contribution is -0.180. The van der Waals surface area contributed by atoms with Gasteiger partial charge >= 0.3 is 6.03 Å². The van der Waals surface area contributed by atoms with Crippen LogP contribution in [0.4, 0.5) is 4.79 Å². The fourth-order valence-electron chi connectivity index (χ4n) is 4.97. The van der Waals surface area contributed by atoms with E-state index in [0.29, 0.717) is 32.2 Å². The van der Waals surface area contributed by atoms with E-state index in [1.165, 1.54) is 19.3 Å². The Kier molecular flexibility index (Phi) is 8.22. The van der Waals surface area contributed by atoms with Crippen LogP contribution in [0.25, 0.3) is 0 Å². The molecular weight excluding hydrogens is 392 g/mol. The predicted octanol–water partition coefficient (Wildman–Crippen LogP) is 2.56. The molecule has 2 unspecified atom stereocenters. The zero-order valence-electron chi connectivity index (χ0n) is 18.2. The van der Waals surface area contributed by atoms with E-state index in [1.54, 1.807) is 0 Å². The van der Waals surface area contributed by atoms with Crippen LogP contribution in [0.3, 0.4) is 0 Å². The molecule has 7 nitrogen and oxygen atoms in total. The van der Waals surface area contributed by atoms with Crippen LogP contribution in [0.2, 0.25) is 0 Å². The summed E-state index contributed by atoms with van der Waals surface area (Å²) >= 11 is 0. The number of halogens is 1. The SMILES string of the molecule is CCOC1CC(N)(C(=O)N2CCC(NC(=O)NC3CCCCC3)CC2)C1(C)C.Cl. The van der Waals surface area contributed by atoms with Crippen molar-refractivity contribution < 1.29 is 14.3 Å². The highest BCUT2D eigenvalue weighted by atomic mass is 35.5. The average molecular weight is 431 g/mol. The Bertz CT molecular complexity index is 574. The molecule has 3 amide bonds. The number of carbonyl (C=O) groups is 2. The molecule has 1 aliphatic heterocycles. The van der Waals surface area contributed by atoms with E-state index in [0.717, 1.165) is 25.7 Å². The van der Waals surface area contributed by atoms with Gasteiger partial charge in [-0.1, -0.05) is 33.1 Å². The number of likely N-dealkylation sites (tertiary alicyclic amines) is 1. The molecule has 0 aromatic rings. The molecule has 3 aliphatic rings. The van der Waals surface area contributed by atoms with Crippen LogP contribution in [0.15, 0.2) is 0 Å². The van der Waals surface area contributed by atoms with Gasteiger partial charge in [0.2, 0.25) is 5.91 Å². The van der Waals surface area contributed by atoms with Gasteiger partial charge in [0.1, 0.15) is 5.54 Å². The lowest BCUT2D eigenvalue weighted by Gasteiger charge is -2.59. The topological polar surface area (TPSA) is 96.7 Å². The second-order valence-electron chi connectivity index (χ2n) is 9.36. The summed E-state index contributed by atoms with van der Waals surface area (Å²) < 4.78 is 5.74. The van der Waals surface area contributed by atoms with Gasteiger partial charge in [0.15, 0.2) is 0 Å². The maximum atomic E-state index is 13.1. The summed E-state index contributed by atoms with van der Waals surface area (Å²) in [4.78, 5) is 27.2. The van der Waals surface area contributed by atoms with Crippen molar-refractivity contribution in [2.45, 2.75) is 95.9 Å². The van der Waals surface area contributed by atoms with Crippen molar-refractivity contribution in [1.29, 1.82) is 0 Å². The fourth-order valence-corrected chi connectivity index (χ4v) is 4.97. The minimum absolute atomic E-state index is 0. The first-order chi connectivity index (χ1) is 13.3. The summed E-state index contributed by atoms with van der Waals surface area (Å²) in [5.41, 5.74) is 5.32. The zero-order valence-corrected chi connectivity index (χ0v) is 19.0.